The molecule has 3 rings (SSSR count). The standard InChI is InChI=1S/C19H23N3O3/c1-13(2)5-7-20-14-6-8-21-16(11-14)19(23)22-15-3-4-17-18(12-15)25-10-9-24-17/h3-4,6,8,11-13H,5,7,9-10H2,1-2H3,(H,20,21)(H,22,23). The predicted octanol–water partition coefficient (Wildman–Crippen LogP) is 3.56. The number of hydrogen-bond acceptors (Lipinski definition) is 5. The summed E-state index contributed by atoms with van der Waals surface area (Å²) < 4.78 is 11.0. The number of aromatic nitrogens is 1. The molecule has 25 heavy (non-hydrogen) atoms. The lowest BCUT2D eigenvalue weighted by Crippen LogP contribution is -2.17. The van der Waals surface area contributed by atoms with E-state index in [2.05, 4.69) is 29.5 Å². The minimum Gasteiger partial charge on any atom is -0.486 e. The van der Waals surface area contributed by atoms with Crippen LogP contribution in [0.4, 0.5) is 11.4 Å². The Kier molecular flexibility index (Phi) is 5.38. The number of amides is 1. The van der Waals surface area contributed by atoms with Crippen molar-refractivity contribution in [3.63, 3.8) is 0 Å². The molecule has 132 valence electrons. The third-order valence-corrected chi connectivity index (χ3v) is 3.84. The largest absolute Gasteiger partial charge is 0.486 e. The number of hydrogen-bond donors (Lipinski definition) is 2. The summed E-state index contributed by atoms with van der Waals surface area (Å²) in [6.07, 6.45) is 2.71. The predicted molar refractivity (Wildman–Crippen MR) is 97.6 cm³/mol. The maximum Gasteiger partial charge on any atom is 0.274 e. The zero-order valence-corrected chi connectivity index (χ0v) is 14.5. The molecule has 2 heterocycles. The number of carbonyl (C=O) groups excluding carboxylic acids is 1. The minimum absolute atomic E-state index is 0.260. The van der Waals surface area contributed by atoms with E-state index in [1.54, 1.807) is 30.5 Å². The Hall–Kier alpha value is -2.76. The molecule has 0 bridgehead atoms. The fourth-order valence-corrected chi connectivity index (χ4v) is 2.49. The smallest absolute Gasteiger partial charge is 0.274 e. The molecule has 1 aliphatic rings. The lowest BCUT2D eigenvalue weighted by atomic mass is 10.1. The van der Waals surface area contributed by atoms with Crippen molar-refractivity contribution in [2.45, 2.75) is 20.3 Å². The number of rotatable bonds is 6. The van der Waals surface area contributed by atoms with E-state index in [9.17, 15) is 4.79 Å². The number of benzene rings is 1. The summed E-state index contributed by atoms with van der Waals surface area (Å²) in [6.45, 7) is 6.28. The molecule has 6 nitrogen and oxygen atoms in total. The molecular formula is C19H23N3O3. The van der Waals surface area contributed by atoms with E-state index in [4.69, 9.17) is 9.47 Å². The summed E-state index contributed by atoms with van der Waals surface area (Å²) in [6, 6.07) is 8.96. The van der Waals surface area contributed by atoms with Crippen molar-refractivity contribution in [3.8, 4) is 11.5 Å². The first-order valence-corrected chi connectivity index (χ1v) is 8.53. The van der Waals surface area contributed by atoms with Crippen molar-refractivity contribution < 1.29 is 14.3 Å². The average Bonchev–Trinajstić information content (AvgIpc) is 2.61. The van der Waals surface area contributed by atoms with Crippen LogP contribution in [0, 0.1) is 5.92 Å². The molecule has 1 aromatic heterocycles. The van der Waals surface area contributed by atoms with E-state index in [1.807, 2.05) is 6.07 Å². The number of pyridine rings is 1. The van der Waals surface area contributed by atoms with E-state index in [-0.39, 0.29) is 5.91 Å². The van der Waals surface area contributed by atoms with Gasteiger partial charge in [-0.3, -0.25) is 9.78 Å². The molecule has 1 aromatic carbocycles. The summed E-state index contributed by atoms with van der Waals surface area (Å²) in [5, 5.41) is 6.16. The van der Waals surface area contributed by atoms with E-state index in [0.717, 1.165) is 18.7 Å². The zero-order chi connectivity index (χ0) is 17.6. The van der Waals surface area contributed by atoms with Crippen LogP contribution in [0.2, 0.25) is 0 Å². The van der Waals surface area contributed by atoms with Crippen molar-refractivity contribution in [1.82, 2.24) is 4.98 Å². The van der Waals surface area contributed by atoms with Gasteiger partial charge in [-0.15, -0.1) is 0 Å². The molecule has 2 N–H and O–H groups in total. The van der Waals surface area contributed by atoms with Gasteiger partial charge in [-0.1, -0.05) is 13.8 Å². The number of fused-ring (bicyclic) bond motifs is 1. The van der Waals surface area contributed by atoms with Gasteiger partial charge in [0.2, 0.25) is 0 Å². The fraction of sp³-hybridized carbons (Fsp3) is 0.368. The van der Waals surface area contributed by atoms with Crippen molar-refractivity contribution in [3.05, 3.63) is 42.2 Å². The highest BCUT2D eigenvalue weighted by atomic mass is 16.6. The van der Waals surface area contributed by atoms with Crippen LogP contribution in [-0.2, 0) is 0 Å². The van der Waals surface area contributed by atoms with Crippen molar-refractivity contribution in [2.24, 2.45) is 5.92 Å². The molecule has 1 amide bonds. The first-order chi connectivity index (χ1) is 12.1. The van der Waals surface area contributed by atoms with Crippen LogP contribution in [0.1, 0.15) is 30.8 Å². The second-order valence-electron chi connectivity index (χ2n) is 6.35. The van der Waals surface area contributed by atoms with Gasteiger partial charge < -0.3 is 20.1 Å². The van der Waals surface area contributed by atoms with E-state index in [1.165, 1.54) is 0 Å². The average molecular weight is 341 g/mol. The lowest BCUT2D eigenvalue weighted by Gasteiger charge is -2.19. The Morgan fingerprint density at radius 2 is 1.92 bits per heavy atom. The third-order valence-electron chi connectivity index (χ3n) is 3.84. The lowest BCUT2D eigenvalue weighted by molar-refractivity contribution is 0.102. The first kappa shape index (κ1) is 17.1. The topological polar surface area (TPSA) is 72.5 Å². The van der Waals surface area contributed by atoms with Gasteiger partial charge in [-0.05, 0) is 36.6 Å². The van der Waals surface area contributed by atoms with Crippen LogP contribution in [-0.4, -0.2) is 30.6 Å². The second-order valence-corrected chi connectivity index (χ2v) is 6.35. The SMILES string of the molecule is CC(C)CCNc1ccnc(C(=O)Nc2ccc3c(c2)OCCO3)c1. The number of nitrogens with one attached hydrogen (secondary N) is 2. The fourth-order valence-electron chi connectivity index (χ4n) is 2.49. The van der Waals surface area contributed by atoms with Gasteiger partial charge in [-0.2, -0.15) is 0 Å². The summed E-state index contributed by atoms with van der Waals surface area (Å²) in [5.41, 5.74) is 1.90. The van der Waals surface area contributed by atoms with Crippen molar-refractivity contribution in [1.29, 1.82) is 0 Å². The van der Waals surface area contributed by atoms with Gasteiger partial charge in [0.15, 0.2) is 11.5 Å². The summed E-state index contributed by atoms with van der Waals surface area (Å²) in [7, 11) is 0. The van der Waals surface area contributed by atoms with Crippen LogP contribution < -0.4 is 20.1 Å². The monoisotopic (exact) mass is 341 g/mol. The highest BCUT2D eigenvalue weighted by Gasteiger charge is 2.14. The van der Waals surface area contributed by atoms with Gasteiger partial charge >= 0.3 is 0 Å². The first-order valence-electron chi connectivity index (χ1n) is 8.53. The van der Waals surface area contributed by atoms with Gasteiger partial charge in [0.25, 0.3) is 5.91 Å². The zero-order valence-electron chi connectivity index (χ0n) is 14.5. The number of carbonyl (C=O) groups is 1. The molecule has 0 fully saturated rings. The van der Waals surface area contributed by atoms with E-state index in [0.29, 0.717) is 42.0 Å². The highest BCUT2D eigenvalue weighted by molar-refractivity contribution is 6.03. The van der Waals surface area contributed by atoms with Gasteiger partial charge in [0.05, 0.1) is 0 Å². The third kappa shape index (κ3) is 4.62. The van der Waals surface area contributed by atoms with E-state index >= 15 is 0 Å². The molecule has 0 unspecified atom stereocenters. The highest BCUT2D eigenvalue weighted by Crippen LogP contribution is 2.32. The van der Waals surface area contributed by atoms with Gasteiger partial charge in [0.1, 0.15) is 18.9 Å². The van der Waals surface area contributed by atoms with Crippen molar-refractivity contribution in [2.75, 3.05) is 30.4 Å². The molecule has 0 spiro atoms. The molecule has 2 aromatic rings. The Balaban J connectivity index is 1.65. The second kappa shape index (κ2) is 7.88. The normalized spacial score (nSPS) is 12.8. The van der Waals surface area contributed by atoms with Crippen LogP contribution in [0.15, 0.2) is 36.5 Å². The molecule has 0 aliphatic carbocycles. The Labute approximate surface area is 147 Å². The van der Waals surface area contributed by atoms with Gasteiger partial charge in [0, 0.05) is 30.2 Å². The van der Waals surface area contributed by atoms with Crippen LogP contribution in [0.3, 0.4) is 0 Å². The molecular weight excluding hydrogens is 318 g/mol. The van der Waals surface area contributed by atoms with E-state index < -0.39 is 0 Å². The van der Waals surface area contributed by atoms with Crippen molar-refractivity contribution >= 4 is 17.3 Å². The minimum atomic E-state index is -0.260. The number of nitrogens with zero attached hydrogens (tertiary/aromatic N) is 1. The Bertz CT molecular complexity index is 746. The van der Waals surface area contributed by atoms with Crippen LogP contribution >= 0.6 is 0 Å². The molecule has 0 saturated heterocycles. The molecule has 1 aliphatic heterocycles. The molecule has 6 heteroatoms. The maximum atomic E-state index is 12.4. The quantitative estimate of drug-likeness (QED) is 0.840. The summed E-state index contributed by atoms with van der Waals surface area (Å²) in [5.74, 6) is 1.70. The summed E-state index contributed by atoms with van der Waals surface area (Å²) >= 11 is 0. The Morgan fingerprint density at radius 3 is 2.72 bits per heavy atom. The van der Waals surface area contributed by atoms with Gasteiger partial charge in [-0.25, -0.2) is 0 Å². The summed E-state index contributed by atoms with van der Waals surface area (Å²) in [4.78, 5) is 16.6. The Morgan fingerprint density at radius 1 is 1.12 bits per heavy atom. The van der Waals surface area contributed by atoms with Crippen LogP contribution in [0.25, 0.3) is 0 Å². The molecule has 0 radical (unpaired) electrons. The molecule has 0 atom stereocenters. The maximum absolute atomic E-state index is 12.4. The number of ether oxygens (including phenoxy) is 2. The van der Waals surface area contributed by atoms with Crippen LogP contribution in [0.5, 0.6) is 11.5 Å². The number of anilines is 2. The molecule has 0 saturated carbocycles.